The van der Waals surface area contributed by atoms with E-state index in [4.69, 9.17) is 9.57 Å². The van der Waals surface area contributed by atoms with E-state index >= 15 is 0 Å². The predicted octanol–water partition coefficient (Wildman–Crippen LogP) is 2.32. The lowest BCUT2D eigenvalue weighted by Gasteiger charge is -2.15. The van der Waals surface area contributed by atoms with Crippen LogP contribution in [0.25, 0.3) is 0 Å². The van der Waals surface area contributed by atoms with Crippen LogP contribution in [0.5, 0.6) is 5.75 Å². The standard InChI is InChI=1S/C22H27N3O6S/c1-22(2,32)13-18(26)24-23-17-8-5-14-12-15(6-7-16(14)17)30-11-3-4-21(29)31-25-19(27)9-10-20(25)28/h6-7,12,32H,3-5,8-11,13H2,1-2H3,(H,24,26)/b23-17+. The second-order valence-electron chi connectivity index (χ2n) is 8.40. The van der Waals surface area contributed by atoms with Gasteiger partial charge in [0.15, 0.2) is 0 Å². The molecule has 2 aliphatic rings. The minimum atomic E-state index is -0.643. The third-order valence-electron chi connectivity index (χ3n) is 4.92. The van der Waals surface area contributed by atoms with Crippen molar-refractivity contribution in [1.82, 2.24) is 10.5 Å². The number of carbonyl (C=O) groups is 4. The fourth-order valence-corrected chi connectivity index (χ4v) is 3.57. The minimum absolute atomic E-state index is 0.0294. The second-order valence-corrected chi connectivity index (χ2v) is 9.61. The first-order valence-corrected chi connectivity index (χ1v) is 11.0. The summed E-state index contributed by atoms with van der Waals surface area (Å²) in [5.74, 6) is -1.14. The van der Waals surface area contributed by atoms with E-state index in [1.165, 1.54) is 0 Å². The molecule has 0 spiro atoms. The molecule has 1 saturated heterocycles. The zero-order chi connectivity index (χ0) is 23.3. The van der Waals surface area contributed by atoms with Crippen molar-refractivity contribution in [2.24, 2.45) is 5.10 Å². The van der Waals surface area contributed by atoms with Crippen LogP contribution in [-0.2, 0) is 30.4 Å². The molecule has 0 saturated carbocycles. The van der Waals surface area contributed by atoms with Crippen molar-refractivity contribution in [3.8, 4) is 5.75 Å². The monoisotopic (exact) mass is 461 g/mol. The summed E-state index contributed by atoms with van der Waals surface area (Å²) in [6.45, 7) is 4.02. The van der Waals surface area contributed by atoms with Gasteiger partial charge >= 0.3 is 5.97 Å². The topological polar surface area (TPSA) is 114 Å². The molecule has 32 heavy (non-hydrogen) atoms. The van der Waals surface area contributed by atoms with E-state index in [1.807, 2.05) is 32.0 Å². The lowest BCUT2D eigenvalue weighted by molar-refractivity contribution is -0.197. The smallest absolute Gasteiger partial charge is 0.333 e. The molecule has 0 bridgehead atoms. The molecule has 0 radical (unpaired) electrons. The van der Waals surface area contributed by atoms with Crippen LogP contribution in [0.1, 0.15) is 63.5 Å². The molecule has 0 atom stereocenters. The molecule has 3 amide bonds. The Morgan fingerprint density at radius 3 is 2.56 bits per heavy atom. The third kappa shape index (κ3) is 6.56. The van der Waals surface area contributed by atoms with Gasteiger partial charge in [0.1, 0.15) is 5.75 Å². The average molecular weight is 462 g/mol. The molecule has 0 unspecified atom stereocenters. The molecule has 1 aromatic carbocycles. The number of hydrazone groups is 1. The van der Waals surface area contributed by atoms with Gasteiger partial charge in [0.05, 0.1) is 18.7 Å². The van der Waals surface area contributed by atoms with E-state index in [9.17, 15) is 19.2 Å². The van der Waals surface area contributed by atoms with Gasteiger partial charge in [0.25, 0.3) is 11.8 Å². The van der Waals surface area contributed by atoms with Crippen LogP contribution < -0.4 is 10.2 Å². The highest BCUT2D eigenvalue weighted by molar-refractivity contribution is 7.81. The maximum Gasteiger partial charge on any atom is 0.333 e. The van der Waals surface area contributed by atoms with Gasteiger partial charge in [-0.05, 0) is 43.0 Å². The van der Waals surface area contributed by atoms with Crippen molar-refractivity contribution in [2.75, 3.05) is 6.61 Å². The summed E-state index contributed by atoms with van der Waals surface area (Å²) in [5, 5.41) is 4.81. The quantitative estimate of drug-likeness (QED) is 0.252. The first-order valence-electron chi connectivity index (χ1n) is 10.5. The molecule has 3 rings (SSSR count). The summed E-state index contributed by atoms with van der Waals surface area (Å²) in [4.78, 5) is 51.5. The number of rotatable bonds is 9. The number of amides is 3. The molecule has 172 valence electrons. The number of carbonyl (C=O) groups excluding carboxylic acids is 4. The maximum absolute atomic E-state index is 11.9. The molecule has 1 heterocycles. The first-order chi connectivity index (χ1) is 15.1. The molecule has 1 N–H and O–H groups in total. The predicted molar refractivity (Wildman–Crippen MR) is 119 cm³/mol. The highest BCUT2D eigenvalue weighted by Gasteiger charge is 2.32. The zero-order valence-electron chi connectivity index (χ0n) is 18.2. The molecule has 0 aromatic heterocycles. The van der Waals surface area contributed by atoms with Crippen molar-refractivity contribution in [2.45, 2.75) is 63.5 Å². The summed E-state index contributed by atoms with van der Waals surface area (Å²) in [6, 6.07) is 5.65. The van der Waals surface area contributed by atoms with Crippen LogP contribution in [0.15, 0.2) is 23.3 Å². The van der Waals surface area contributed by atoms with E-state index in [-0.39, 0.29) is 38.2 Å². The number of fused-ring (bicyclic) bond motifs is 1. The van der Waals surface area contributed by atoms with Crippen LogP contribution in [-0.4, -0.2) is 45.8 Å². The number of imide groups is 1. The molecule has 1 aliphatic heterocycles. The Kier molecular flexibility index (Phi) is 7.55. The lowest BCUT2D eigenvalue weighted by Crippen LogP contribution is -2.32. The Balaban J connectivity index is 1.44. The normalized spacial score (nSPS) is 17.0. The number of nitrogens with zero attached hydrogens (tertiary/aromatic N) is 2. The van der Waals surface area contributed by atoms with Crippen molar-refractivity contribution < 1.29 is 28.8 Å². The van der Waals surface area contributed by atoms with Gasteiger partial charge in [0.2, 0.25) is 5.91 Å². The summed E-state index contributed by atoms with van der Waals surface area (Å²) in [5.41, 5.74) is 5.48. The Morgan fingerprint density at radius 2 is 1.88 bits per heavy atom. The van der Waals surface area contributed by atoms with Crippen LogP contribution in [0.4, 0.5) is 0 Å². The minimum Gasteiger partial charge on any atom is -0.494 e. The van der Waals surface area contributed by atoms with E-state index in [0.717, 1.165) is 29.7 Å². The van der Waals surface area contributed by atoms with Crippen molar-refractivity contribution in [3.63, 3.8) is 0 Å². The van der Waals surface area contributed by atoms with Crippen molar-refractivity contribution in [1.29, 1.82) is 0 Å². The lowest BCUT2D eigenvalue weighted by atomic mass is 10.1. The summed E-state index contributed by atoms with van der Waals surface area (Å²) in [7, 11) is 0. The Morgan fingerprint density at radius 1 is 1.16 bits per heavy atom. The van der Waals surface area contributed by atoms with Crippen molar-refractivity contribution in [3.05, 3.63) is 29.3 Å². The van der Waals surface area contributed by atoms with E-state index in [0.29, 0.717) is 17.2 Å². The molecular formula is C22H27N3O6S. The fraction of sp³-hybridized carbons (Fsp3) is 0.500. The number of hydrogen-bond donors (Lipinski definition) is 2. The summed E-state index contributed by atoms with van der Waals surface area (Å²) < 4.78 is 5.31. The molecule has 1 aromatic rings. The van der Waals surface area contributed by atoms with Crippen LogP contribution >= 0.6 is 12.6 Å². The molecule has 1 fully saturated rings. The third-order valence-corrected chi connectivity index (χ3v) is 5.08. The number of hydroxylamine groups is 2. The van der Waals surface area contributed by atoms with Crippen LogP contribution in [0.2, 0.25) is 0 Å². The molecule has 10 heteroatoms. The SMILES string of the molecule is CC(C)(S)CC(=O)N/N=C1\CCc2cc(OCCCC(=O)ON3C(=O)CCC3=O)ccc21. The number of thiol groups is 1. The first kappa shape index (κ1) is 23.8. The Hall–Kier alpha value is -2.88. The van der Waals surface area contributed by atoms with E-state index in [2.05, 4.69) is 23.2 Å². The van der Waals surface area contributed by atoms with Crippen LogP contribution in [0, 0.1) is 0 Å². The second kappa shape index (κ2) is 10.2. The van der Waals surface area contributed by atoms with Gasteiger partial charge in [0, 0.05) is 29.6 Å². The highest BCUT2D eigenvalue weighted by atomic mass is 32.1. The highest BCUT2D eigenvalue weighted by Crippen LogP contribution is 2.27. The van der Waals surface area contributed by atoms with Gasteiger partial charge in [-0.3, -0.25) is 14.4 Å². The summed E-state index contributed by atoms with van der Waals surface area (Å²) in [6.07, 6.45) is 2.34. The average Bonchev–Trinajstić information content (AvgIpc) is 3.26. The summed E-state index contributed by atoms with van der Waals surface area (Å²) >= 11 is 4.35. The van der Waals surface area contributed by atoms with Crippen molar-refractivity contribution >= 4 is 42.0 Å². The molecule has 9 nitrogen and oxygen atoms in total. The van der Waals surface area contributed by atoms with Gasteiger partial charge in [-0.25, -0.2) is 10.2 Å². The van der Waals surface area contributed by atoms with E-state index < -0.39 is 22.5 Å². The van der Waals surface area contributed by atoms with Crippen LogP contribution in [0.3, 0.4) is 0 Å². The van der Waals surface area contributed by atoms with E-state index in [1.54, 1.807) is 0 Å². The Bertz CT molecular complexity index is 937. The number of hydrogen-bond acceptors (Lipinski definition) is 8. The molecule has 1 aliphatic carbocycles. The number of ether oxygens (including phenoxy) is 1. The Labute approximate surface area is 191 Å². The zero-order valence-corrected chi connectivity index (χ0v) is 19.1. The number of nitrogens with one attached hydrogen (secondary N) is 1. The largest absolute Gasteiger partial charge is 0.494 e. The number of benzene rings is 1. The fourth-order valence-electron chi connectivity index (χ4n) is 3.43. The van der Waals surface area contributed by atoms with Gasteiger partial charge in [-0.15, -0.1) is 5.06 Å². The van der Waals surface area contributed by atoms with Gasteiger partial charge in [-0.1, -0.05) is 13.8 Å². The molecular weight excluding hydrogens is 434 g/mol. The van der Waals surface area contributed by atoms with Gasteiger partial charge in [-0.2, -0.15) is 17.7 Å². The maximum atomic E-state index is 11.9. The number of aryl methyl sites for hydroxylation is 1. The van der Waals surface area contributed by atoms with Gasteiger partial charge < -0.3 is 9.57 Å².